The van der Waals surface area contributed by atoms with E-state index in [4.69, 9.17) is 4.74 Å². The standard InChI is InChI=1S/C23H26FN5O2/c1-22-6-3-7-23(2,29-22)11-15(10-22)31-21-5-4-19(27-28-21)17-8-18(24)16(9-20(17)30)14-12-25-26-13-14/h4-5,8-9,12-13,15,29-30H,3,6-7,10-11H2,1-2H3,(H,25,26). The van der Waals surface area contributed by atoms with Crippen LogP contribution in [0, 0.1) is 5.82 Å². The molecule has 0 aliphatic carbocycles. The molecule has 2 aromatic heterocycles. The lowest BCUT2D eigenvalue weighted by atomic mass is 9.70. The lowest BCUT2D eigenvalue weighted by Gasteiger charge is -2.53. The molecule has 4 heterocycles. The molecule has 162 valence electrons. The van der Waals surface area contributed by atoms with Gasteiger partial charge in [-0.2, -0.15) is 5.10 Å². The molecule has 5 rings (SSSR count). The van der Waals surface area contributed by atoms with Gasteiger partial charge < -0.3 is 15.2 Å². The quantitative estimate of drug-likeness (QED) is 0.582. The fourth-order valence-corrected chi connectivity index (χ4v) is 5.27. The van der Waals surface area contributed by atoms with Crippen LogP contribution in [0.25, 0.3) is 22.4 Å². The van der Waals surface area contributed by atoms with Gasteiger partial charge in [0.05, 0.1) is 11.9 Å². The highest BCUT2D eigenvalue weighted by molar-refractivity contribution is 5.74. The van der Waals surface area contributed by atoms with Crippen LogP contribution in [0.15, 0.2) is 36.7 Å². The number of aromatic nitrogens is 4. The number of phenols is 1. The molecule has 2 aliphatic heterocycles. The number of aromatic hydroxyl groups is 1. The van der Waals surface area contributed by atoms with Crippen molar-refractivity contribution < 1.29 is 14.2 Å². The van der Waals surface area contributed by atoms with Gasteiger partial charge in [-0.05, 0) is 51.3 Å². The zero-order valence-electron chi connectivity index (χ0n) is 17.7. The Morgan fingerprint density at radius 3 is 2.52 bits per heavy atom. The summed E-state index contributed by atoms with van der Waals surface area (Å²) < 4.78 is 20.8. The number of halogens is 1. The van der Waals surface area contributed by atoms with Crippen LogP contribution in [0.2, 0.25) is 0 Å². The van der Waals surface area contributed by atoms with Gasteiger partial charge in [0.1, 0.15) is 17.7 Å². The van der Waals surface area contributed by atoms with E-state index >= 15 is 0 Å². The molecule has 2 unspecified atom stereocenters. The highest BCUT2D eigenvalue weighted by Crippen LogP contribution is 2.41. The predicted molar refractivity (Wildman–Crippen MR) is 114 cm³/mol. The Kier molecular flexibility index (Phi) is 4.69. The number of rotatable bonds is 4. The second kappa shape index (κ2) is 7.30. The van der Waals surface area contributed by atoms with E-state index in [0.29, 0.717) is 17.1 Å². The number of piperidine rings is 2. The minimum Gasteiger partial charge on any atom is -0.507 e. The summed E-state index contributed by atoms with van der Waals surface area (Å²) in [5.41, 5.74) is 1.65. The SMILES string of the molecule is CC12CCCC(C)(CC(Oc3ccc(-c4cc(F)c(-c5cn[nH]c5)cc4O)nn3)C1)N2. The molecule has 31 heavy (non-hydrogen) atoms. The number of nitrogens with one attached hydrogen (secondary N) is 2. The van der Waals surface area contributed by atoms with Crippen LogP contribution >= 0.6 is 0 Å². The fourth-order valence-electron chi connectivity index (χ4n) is 5.27. The van der Waals surface area contributed by atoms with Crippen LogP contribution in [0.1, 0.15) is 46.0 Å². The number of hydrogen-bond donors (Lipinski definition) is 3. The van der Waals surface area contributed by atoms with Crippen LogP contribution < -0.4 is 10.1 Å². The van der Waals surface area contributed by atoms with Gasteiger partial charge in [0.25, 0.3) is 0 Å². The number of aromatic amines is 1. The number of nitrogens with zero attached hydrogens (tertiary/aromatic N) is 3. The number of fused-ring (bicyclic) bond motifs is 2. The van der Waals surface area contributed by atoms with E-state index in [2.05, 4.69) is 39.6 Å². The zero-order valence-corrected chi connectivity index (χ0v) is 17.7. The Morgan fingerprint density at radius 1 is 1.10 bits per heavy atom. The molecular formula is C23H26FN5O2. The lowest BCUT2D eigenvalue weighted by molar-refractivity contribution is 0.00726. The first kappa shape index (κ1) is 19.9. The van der Waals surface area contributed by atoms with Crippen molar-refractivity contribution in [1.29, 1.82) is 0 Å². The van der Waals surface area contributed by atoms with E-state index in [1.54, 1.807) is 18.3 Å². The number of hydrogen-bond acceptors (Lipinski definition) is 6. The zero-order chi connectivity index (χ0) is 21.6. The molecule has 2 atom stereocenters. The first-order chi connectivity index (χ1) is 14.8. The average Bonchev–Trinajstić information content (AvgIpc) is 3.23. The molecule has 2 aliphatic rings. The minimum absolute atomic E-state index is 0.0665. The first-order valence-corrected chi connectivity index (χ1v) is 10.6. The second-order valence-electron chi connectivity index (χ2n) is 9.34. The van der Waals surface area contributed by atoms with E-state index in [0.717, 1.165) is 25.7 Å². The maximum atomic E-state index is 14.6. The topological polar surface area (TPSA) is 96.0 Å². The van der Waals surface area contributed by atoms with Crippen molar-refractivity contribution in [3.63, 3.8) is 0 Å². The monoisotopic (exact) mass is 423 g/mol. The van der Waals surface area contributed by atoms with Crippen molar-refractivity contribution in [2.24, 2.45) is 0 Å². The van der Waals surface area contributed by atoms with E-state index < -0.39 is 5.82 Å². The molecule has 2 saturated heterocycles. The Bertz CT molecular complexity index is 1070. The fraction of sp³-hybridized carbons (Fsp3) is 0.435. The Hall–Kier alpha value is -3.00. The number of phenolic OH excluding ortho intramolecular Hbond substituents is 1. The Labute approximate surface area is 180 Å². The van der Waals surface area contributed by atoms with Gasteiger partial charge in [0.15, 0.2) is 0 Å². The molecule has 2 bridgehead atoms. The van der Waals surface area contributed by atoms with Gasteiger partial charge in [-0.15, -0.1) is 10.2 Å². The van der Waals surface area contributed by atoms with Gasteiger partial charge in [-0.1, -0.05) is 0 Å². The maximum Gasteiger partial charge on any atom is 0.233 e. The van der Waals surface area contributed by atoms with Crippen molar-refractivity contribution in [2.45, 2.75) is 63.1 Å². The summed E-state index contributed by atoms with van der Waals surface area (Å²) in [6, 6.07) is 6.06. The summed E-state index contributed by atoms with van der Waals surface area (Å²) in [5, 5.41) is 29.1. The van der Waals surface area contributed by atoms with E-state index in [-0.39, 0.29) is 34.1 Å². The van der Waals surface area contributed by atoms with Crippen molar-refractivity contribution in [1.82, 2.24) is 25.7 Å². The van der Waals surface area contributed by atoms with Gasteiger partial charge in [0, 0.05) is 52.9 Å². The normalized spacial score (nSPS) is 27.8. The summed E-state index contributed by atoms with van der Waals surface area (Å²) in [7, 11) is 0. The Morgan fingerprint density at radius 2 is 1.87 bits per heavy atom. The summed E-state index contributed by atoms with van der Waals surface area (Å²) in [5.74, 6) is -0.109. The minimum atomic E-state index is -0.473. The smallest absolute Gasteiger partial charge is 0.233 e. The average molecular weight is 423 g/mol. The number of H-pyrrole nitrogens is 1. The summed E-state index contributed by atoms with van der Waals surface area (Å²) in [6.07, 6.45) is 8.51. The van der Waals surface area contributed by atoms with Crippen molar-refractivity contribution >= 4 is 0 Å². The van der Waals surface area contributed by atoms with Crippen molar-refractivity contribution in [2.75, 3.05) is 0 Å². The lowest BCUT2D eigenvalue weighted by Crippen LogP contribution is -2.65. The molecule has 7 nitrogen and oxygen atoms in total. The molecule has 3 aromatic rings. The van der Waals surface area contributed by atoms with E-state index in [1.165, 1.54) is 24.8 Å². The second-order valence-corrected chi connectivity index (χ2v) is 9.34. The van der Waals surface area contributed by atoms with Gasteiger partial charge in [0.2, 0.25) is 5.88 Å². The first-order valence-electron chi connectivity index (χ1n) is 10.6. The summed E-state index contributed by atoms with van der Waals surface area (Å²) in [4.78, 5) is 0. The third-order valence-electron chi connectivity index (χ3n) is 6.52. The molecule has 1 aromatic carbocycles. The van der Waals surface area contributed by atoms with Crippen LogP contribution in [-0.4, -0.2) is 42.7 Å². The Balaban J connectivity index is 1.34. The third kappa shape index (κ3) is 3.87. The molecular weight excluding hydrogens is 397 g/mol. The van der Waals surface area contributed by atoms with E-state index in [9.17, 15) is 9.50 Å². The number of benzene rings is 1. The van der Waals surface area contributed by atoms with Gasteiger partial charge >= 0.3 is 0 Å². The van der Waals surface area contributed by atoms with Crippen LogP contribution in [0.5, 0.6) is 11.6 Å². The predicted octanol–water partition coefficient (Wildman–Crippen LogP) is 4.21. The van der Waals surface area contributed by atoms with Crippen LogP contribution in [0.4, 0.5) is 4.39 Å². The molecule has 0 spiro atoms. The highest BCUT2D eigenvalue weighted by atomic mass is 19.1. The maximum absolute atomic E-state index is 14.6. The highest BCUT2D eigenvalue weighted by Gasteiger charge is 2.46. The number of ether oxygens (including phenoxy) is 1. The van der Waals surface area contributed by atoms with Crippen molar-refractivity contribution in [3.05, 3.63) is 42.5 Å². The van der Waals surface area contributed by atoms with Crippen LogP contribution in [0.3, 0.4) is 0 Å². The molecule has 8 heteroatoms. The van der Waals surface area contributed by atoms with Crippen LogP contribution in [-0.2, 0) is 0 Å². The molecule has 0 radical (unpaired) electrons. The molecule has 0 amide bonds. The van der Waals surface area contributed by atoms with Crippen molar-refractivity contribution in [3.8, 4) is 34.0 Å². The third-order valence-corrected chi connectivity index (χ3v) is 6.52. The summed E-state index contributed by atoms with van der Waals surface area (Å²) >= 11 is 0. The molecule has 3 N–H and O–H groups in total. The largest absolute Gasteiger partial charge is 0.507 e. The van der Waals surface area contributed by atoms with Gasteiger partial charge in [-0.25, -0.2) is 4.39 Å². The molecule has 2 fully saturated rings. The van der Waals surface area contributed by atoms with E-state index in [1.807, 2.05) is 0 Å². The molecule has 0 saturated carbocycles. The van der Waals surface area contributed by atoms with Gasteiger partial charge in [-0.3, -0.25) is 5.10 Å². The summed E-state index contributed by atoms with van der Waals surface area (Å²) in [6.45, 7) is 4.53.